The van der Waals surface area contributed by atoms with Gasteiger partial charge in [0.25, 0.3) is 0 Å². The second-order valence-corrected chi connectivity index (χ2v) is 19.7. The molecule has 0 unspecified atom stereocenters. The van der Waals surface area contributed by atoms with Crippen LogP contribution in [0.4, 0.5) is 0 Å². The number of benzene rings is 4. The van der Waals surface area contributed by atoms with E-state index in [1.165, 1.54) is 0 Å². The summed E-state index contributed by atoms with van der Waals surface area (Å²) >= 11 is -3.75. The Balaban J connectivity index is 0.000000709. The van der Waals surface area contributed by atoms with Crippen molar-refractivity contribution < 1.29 is 10.2 Å². The number of rotatable bonds is 5. The average molecular weight is 591 g/mol. The van der Waals surface area contributed by atoms with E-state index < -0.39 is 15.9 Å². The third-order valence-corrected chi connectivity index (χ3v) is 14.5. The van der Waals surface area contributed by atoms with E-state index in [1.807, 2.05) is 72.8 Å². The summed E-state index contributed by atoms with van der Waals surface area (Å²) in [5.74, 6) is 0.366. The molecule has 2 N–H and O–H groups in total. The first-order chi connectivity index (χ1) is 15.9. The van der Waals surface area contributed by atoms with E-state index in [1.54, 1.807) is 36.4 Å². The second-order valence-electron chi connectivity index (χ2n) is 7.03. The van der Waals surface area contributed by atoms with Gasteiger partial charge in [0.2, 0.25) is 0 Å². The molecule has 0 radical (unpaired) electrons. The molecule has 0 bridgehead atoms. The van der Waals surface area contributed by atoms with Crippen molar-refractivity contribution in [3.63, 3.8) is 0 Å². The molecule has 0 aliphatic heterocycles. The number of halogens is 2. The van der Waals surface area contributed by atoms with E-state index in [-0.39, 0.29) is 11.5 Å². The van der Waals surface area contributed by atoms with Crippen LogP contribution in [0.2, 0.25) is 0 Å². The topological polar surface area (TPSA) is 40.5 Å². The molecule has 0 saturated carbocycles. The zero-order chi connectivity index (χ0) is 23.8. The van der Waals surface area contributed by atoms with Crippen molar-refractivity contribution >= 4 is 41.1 Å². The van der Waals surface area contributed by atoms with E-state index in [2.05, 4.69) is 13.2 Å². The number of hydrogen-bond donors (Lipinski definition) is 2. The van der Waals surface area contributed by atoms with E-state index >= 15 is 0 Å². The Morgan fingerprint density at radius 3 is 1.27 bits per heavy atom. The predicted molar refractivity (Wildman–Crippen MR) is 144 cm³/mol. The first-order valence-electron chi connectivity index (χ1n) is 10.1. The van der Waals surface area contributed by atoms with Gasteiger partial charge in [0.1, 0.15) is 0 Å². The average Bonchev–Trinajstić information content (AvgIpc) is 2.85. The molecule has 4 aromatic rings. The van der Waals surface area contributed by atoms with Crippen LogP contribution >= 0.6 is 17.9 Å². The Bertz CT molecular complexity index is 1140. The van der Waals surface area contributed by atoms with Gasteiger partial charge < -0.3 is 0 Å². The molecule has 0 atom stereocenters. The minimum atomic E-state index is -3.75. The quantitative estimate of drug-likeness (QED) is 0.198. The van der Waals surface area contributed by atoms with E-state index in [9.17, 15) is 10.2 Å². The SMILES string of the molecule is C=CC=C.Oc1ccc([Te](Cl)(Cl)c2ccc(O)c(-c3ccccc3)c2)cc1-c1ccccc1. The molecular formula is C28H24Cl2O2Te. The second kappa shape index (κ2) is 11.5. The van der Waals surface area contributed by atoms with Crippen LogP contribution in [0, 0.1) is 0 Å². The molecule has 2 nitrogen and oxygen atoms in total. The van der Waals surface area contributed by atoms with Crippen molar-refractivity contribution in [3.05, 3.63) is 122 Å². The first kappa shape index (κ1) is 25.0. The molecule has 0 aliphatic carbocycles. The zero-order valence-electron chi connectivity index (χ0n) is 17.9. The fourth-order valence-electron chi connectivity index (χ4n) is 3.18. The van der Waals surface area contributed by atoms with E-state index in [0.717, 1.165) is 18.3 Å². The van der Waals surface area contributed by atoms with Gasteiger partial charge in [0.15, 0.2) is 0 Å². The van der Waals surface area contributed by atoms with Crippen LogP contribution < -0.4 is 7.22 Å². The summed E-state index contributed by atoms with van der Waals surface area (Å²) in [6, 6.07) is 29.9. The molecule has 0 heterocycles. The molecular weight excluding hydrogens is 567 g/mol. The number of phenols is 2. The molecule has 168 valence electrons. The third-order valence-electron chi connectivity index (χ3n) is 4.86. The predicted octanol–water partition coefficient (Wildman–Crippen LogP) is 6.82. The standard InChI is InChI=1S/C24H18Cl2O2Te.C4H6/c25-29(26,19-11-13-23(27)21(15-19)17-7-3-1-4-8-17)20-12-14-24(28)22(16-20)18-9-5-2-6-10-18;1-3-4-2/h1-16,27-28H;3-4H,1-2H2. The fourth-order valence-corrected chi connectivity index (χ4v) is 9.42. The summed E-state index contributed by atoms with van der Waals surface area (Å²) in [7, 11) is 14.0. The first-order valence-corrected chi connectivity index (χ1v) is 18.3. The van der Waals surface area contributed by atoms with Gasteiger partial charge in [-0.15, -0.1) is 0 Å². The zero-order valence-corrected chi connectivity index (χ0v) is 21.7. The molecule has 4 rings (SSSR count). The van der Waals surface area contributed by atoms with Crippen molar-refractivity contribution in [3.8, 4) is 33.8 Å². The van der Waals surface area contributed by atoms with Gasteiger partial charge >= 0.3 is 182 Å². The summed E-state index contributed by atoms with van der Waals surface area (Å²) in [6.07, 6.45) is 3.28. The van der Waals surface area contributed by atoms with Crippen LogP contribution in [0.25, 0.3) is 22.3 Å². The van der Waals surface area contributed by atoms with E-state index in [0.29, 0.717) is 11.1 Å². The van der Waals surface area contributed by atoms with Crippen LogP contribution in [-0.2, 0) is 0 Å². The fraction of sp³-hybridized carbons (Fsp3) is 0. The van der Waals surface area contributed by atoms with Gasteiger partial charge in [-0.05, 0) is 0 Å². The summed E-state index contributed by atoms with van der Waals surface area (Å²) in [5.41, 5.74) is 3.19. The number of hydrogen-bond acceptors (Lipinski definition) is 2. The molecule has 0 spiro atoms. The minimum absolute atomic E-state index is 0.183. The summed E-state index contributed by atoms with van der Waals surface area (Å²) < 4.78 is 1.63. The maximum atomic E-state index is 10.4. The van der Waals surface area contributed by atoms with Crippen molar-refractivity contribution in [2.45, 2.75) is 0 Å². The normalized spacial score (nSPS) is 11.1. The number of aromatic hydroxyl groups is 2. The molecule has 4 aromatic carbocycles. The Morgan fingerprint density at radius 1 is 0.576 bits per heavy atom. The molecule has 0 aliphatic rings. The summed E-state index contributed by atoms with van der Waals surface area (Å²) in [6.45, 7) is 6.72. The van der Waals surface area contributed by atoms with Gasteiger partial charge in [-0.1, -0.05) is 25.3 Å². The molecule has 0 fully saturated rings. The van der Waals surface area contributed by atoms with Crippen LogP contribution in [-0.4, -0.2) is 26.2 Å². The Hall–Kier alpha value is -2.67. The Morgan fingerprint density at radius 2 is 0.939 bits per heavy atom. The van der Waals surface area contributed by atoms with Gasteiger partial charge in [-0.25, -0.2) is 0 Å². The van der Waals surface area contributed by atoms with Crippen LogP contribution in [0.5, 0.6) is 11.5 Å². The molecule has 5 heteroatoms. The van der Waals surface area contributed by atoms with Crippen molar-refractivity contribution in [2.75, 3.05) is 0 Å². The van der Waals surface area contributed by atoms with Crippen molar-refractivity contribution in [1.82, 2.24) is 0 Å². The number of phenolic OH excluding ortho intramolecular Hbond substituents is 2. The van der Waals surface area contributed by atoms with Gasteiger partial charge in [-0.2, -0.15) is 0 Å². The summed E-state index contributed by atoms with van der Waals surface area (Å²) in [5, 5.41) is 20.7. The monoisotopic (exact) mass is 592 g/mol. The number of allylic oxidation sites excluding steroid dienone is 2. The molecule has 0 amide bonds. The Kier molecular flexibility index (Phi) is 8.67. The summed E-state index contributed by atoms with van der Waals surface area (Å²) in [4.78, 5) is 0. The van der Waals surface area contributed by atoms with E-state index in [4.69, 9.17) is 17.9 Å². The van der Waals surface area contributed by atoms with Crippen molar-refractivity contribution in [1.29, 1.82) is 0 Å². The molecule has 33 heavy (non-hydrogen) atoms. The molecule has 0 aromatic heterocycles. The Labute approximate surface area is 206 Å². The van der Waals surface area contributed by atoms with Gasteiger partial charge in [0.05, 0.1) is 0 Å². The van der Waals surface area contributed by atoms with Crippen LogP contribution in [0.1, 0.15) is 0 Å². The molecule has 0 saturated heterocycles. The van der Waals surface area contributed by atoms with Gasteiger partial charge in [-0.3, -0.25) is 0 Å². The maximum absolute atomic E-state index is 10.4. The van der Waals surface area contributed by atoms with Crippen molar-refractivity contribution in [2.24, 2.45) is 0 Å². The van der Waals surface area contributed by atoms with Crippen LogP contribution in [0.3, 0.4) is 0 Å². The van der Waals surface area contributed by atoms with Crippen LogP contribution in [0.15, 0.2) is 122 Å². The van der Waals surface area contributed by atoms with Gasteiger partial charge in [0, 0.05) is 0 Å². The third kappa shape index (κ3) is 6.02.